The zero-order valence-electron chi connectivity index (χ0n) is 11.4. The Hall–Kier alpha value is -1.79. The van der Waals surface area contributed by atoms with Crippen molar-refractivity contribution in [2.45, 2.75) is 38.6 Å². The van der Waals surface area contributed by atoms with E-state index in [0.717, 1.165) is 18.4 Å². The largest absolute Gasteiger partial charge is 0.384 e. The molecule has 0 radical (unpaired) electrons. The maximum Gasteiger partial charge on any atom is 0.252 e. The molecular weight excluding hydrogens is 238 g/mol. The Morgan fingerprint density at radius 1 is 1.47 bits per heavy atom. The van der Waals surface area contributed by atoms with E-state index in [1.54, 1.807) is 0 Å². The second kappa shape index (κ2) is 5.46. The smallest absolute Gasteiger partial charge is 0.252 e. The highest BCUT2D eigenvalue weighted by Crippen LogP contribution is 2.31. The Balaban J connectivity index is 2.26. The molecule has 0 spiro atoms. The average Bonchev–Trinajstić information content (AvgIpc) is 2.35. The van der Waals surface area contributed by atoms with Crippen LogP contribution < -0.4 is 5.32 Å². The molecule has 1 amide bonds. The van der Waals surface area contributed by atoms with E-state index in [0.29, 0.717) is 11.1 Å². The van der Waals surface area contributed by atoms with E-state index in [1.807, 2.05) is 25.1 Å². The summed E-state index contributed by atoms with van der Waals surface area (Å²) in [7, 11) is 0. The summed E-state index contributed by atoms with van der Waals surface area (Å²) in [6.45, 7) is 3.82. The topological polar surface area (TPSA) is 49.3 Å². The lowest BCUT2D eigenvalue weighted by Crippen LogP contribution is -2.51. The zero-order chi connectivity index (χ0) is 13.9. The van der Waals surface area contributed by atoms with Gasteiger partial charge in [-0.3, -0.25) is 4.79 Å². The molecule has 1 fully saturated rings. The van der Waals surface area contributed by atoms with Gasteiger partial charge in [0.2, 0.25) is 0 Å². The van der Waals surface area contributed by atoms with E-state index in [2.05, 4.69) is 24.1 Å². The van der Waals surface area contributed by atoms with Crippen molar-refractivity contribution < 1.29 is 9.90 Å². The van der Waals surface area contributed by atoms with Crippen LogP contribution in [0.15, 0.2) is 18.2 Å². The van der Waals surface area contributed by atoms with Gasteiger partial charge in [-0.1, -0.05) is 23.5 Å². The van der Waals surface area contributed by atoms with Crippen molar-refractivity contribution in [3.05, 3.63) is 34.9 Å². The van der Waals surface area contributed by atoms with Crippen molar-refractivity contribution in [2.24, 2.45) is 0 Å². The summed E-state index contributed by atoms with van der Waals surface area (Å²) in [5, 5.41) is 11.9. The minimum Gasteiger partial charge on any atom is -0.384 e. The molecular formula is C16H19NO2. The van der Waals surface area contributed by atoms with Crippen LogP contribution in [0.3, 0.4) is 0 Å². The second-order valence-electron chi connectivity index (χ2n) is 5.38. The van der Waals surface area contributed by atoms with E-state index in [4.69, 9.17) is 5.11 Å². The van der Waals surface area contributed by atoms with Crippen LogP contribution in [0.5, 0.6) is 0 Å². The van der Waals surface area contributed by atoms with Crippen molar-refractivity contribution in [2.75, 3.05) is 6.61 Å². The first-order valence-corrected chi connectivity index (χ1v) is 6.57. The molecule has 2 N–H and O–H groups in total. The molecule has 2 rings (SSSR count). The Bertz CT molecular complexity index is 548. The van der Waals surface area contributed by atoms with Crippen molar-refractivity contribution in [3.63, 3.8) is 0 Å². The van der Waals surface area contributed by atoms with Gasteiger partial charge in [0, 0.05) is 11.1 Å². The number of rotatable bonds is 2. The lowest BCUT2D eigenvalue weighted by molar-refractivity contribution is 0.0850. The Morgan fingerprint density at radius 2 is 2.21 bits per heavy atom. The van der Waals surface area contributed by atoms with E-state index in [-0.39, 0.29) is 18.1 Å². The van der Waals surface area contributed by atoms with Crippen LogP contribution in [-0.4, -0.2) is 23.2 Å². The van der Waals surface area contributed by atoms with Crippen LogP contribution in [0, 0.1) is 18.8 Å². The lowest BCUT2D eigenvalue weighted by Gasteiger charge is -2.39. The normalized spacial score (nSPS) is 15.9. The number of hydrogen-bond donors (Lipinski definition) is 2. The molecule has 1 aromatic rings. The molecule has 1 saturated carbocycles. The van der Waals surface area contributed by atoms with Crippen LogP contribution in [-0.2, 0) is 0 Å². The average molecular weight is 257 g/mol. The number of hydrogen-bond acceptors (Lipinski definition) is 2. The van der Waals surface area contributed by atoms with Gasteiger partial charge in [-0.05, 0) is 45.2 Å². The Morgan fingerprint density at radius 3 is 2.79 bits per heavy atom. The third-order valence-electron chi connectivity index (χ3n) is 3.59. The summed E-state index contributed by atoms with van der Waals surface area (Å²) < 4.78 is 0. The van der Waals surface area contributed by atoms with Gasteiger partial charge in [0.05, 0.1) is 5.56 Å². The Kier molecular flexibility index (Phi) is 3.92. The zero-order valence-corrected chi connectivity index (χ0v) is 11.4. The molecule has 0 atom stereocenters. The molecule has 0 unspecified atom stereocenters. The third-order valence-corrected chi connectivity index (χ3v) is 3.59. The molecule has 100 valence electrons. The molecule has 0 heterocycles. The van der Waals surface area contributed by atoms with Crippen LogP contribution in [0.1, 0.15) is 47.7 Å². The van der Waals surface area contributed by atoms with Gasteiger partial charge in [-0.2, -0.15) is 0 Å². The SMILES string of the molecule is Cc1ccc(C#CCO)c(C(=O)NC2(C)CCC2)c1. The highest BCUT2D eigenvalue weighted by Gasteiger charge is 2.33. The fraction of sp³-hybridized carbons (Fsp3) is 0.438. The number of benzene rings is 1. The fourth-order valence-electron chi connectivity index (χ4n) is 2.26. The second-order valence-corrected chi connectivity index (χ2v) is 5.38. The predicted molar refractivity (Wildman–Crippen MR) is 74.9 cm³/mol. The quantitative estimate of drug-likeness (QED) is 0.796. The van der Waals surface area contributed by atoms with Gasteiger partial charge in [0.1, 0.15) is 6.61 Å². The van der Waals surface area contributed by atoms with Crippen molar-refractivity contribution in [3.8, 4) is 11.8 Å². The molecule has 3 nitrogen and oxygen atoms in total. The molecule has 0 aliphatic heterocycles. The number of aliphatic hydroxyl groups excluding tert-OH is 1. The van der Waals surface area contributed by atoms with Crippen LogP contribution in [0.2, 0.25) is 0 Å². The molecule has 19 heavy (non-hydrogen) atoms. The van der Waals surface area contributed by atoms with Gasteiger partial charge < -0.3 is 10.4 Å². The molecule has 1 aliphatic carbocycles. The van der Waals surface area contributed by atoms with Crippen LogP contribution in [0.4, 0.5) is 0 Å². The standard InChI is InChI=1S/C16H19NO2/c1-12-6-7-13(5-3-10-18)14(11-12)15(19)17-16(2)8-4-9-16/h6-7,11,18H,4,8-10H2,1-2H3,(H,17,19). The third kappa shape index (κ3) is 3.15. The molecule has 3 heteroatoms. The number of nitrogens with one attached hydrogen (secondary N) is 1. The van der Waals surface area contributed by atoms with E-state index in [1.165, 1.54) is 6.42 Å². The molecule has 0 bridgehead atoms. The van der Waals surface area contributed by atoms with E-state index in [9.17, 15) is 4.79 Å². The number of aliphatic hydroxyl groups is 1. The van der Waals surface area contributed by atoms with Gasteiger partial charge in [0.25, 0.3) is 5.91 Å². The van der Waals surface area contributed by atoms with E-state index < -0.39 is 0 Å². The summed E-state index contributed by atoms with van der Waals surface area (Å²) in [6, 6.07) is 5.60. The summed E-state index contributed by atoms with van der Waals surface area (Å²) in [5.74, 6) is 5.35. The monoisotopic (exact) mass is 257 g/mol. The van der Waals surface area contributed by atoms with Gasteiger partial charge in [0.15, 0.2) is 0 Å². The van der Waals surface area contributed by atoms with Crippen molar-refractivity contribution in [1.82, 2.24) is 5.32 Å². The van der Waals surface area contributed by atoms with Gasteiger partial charge in [-0.25, -0.2) is 0 Å². The molecule has 1 aliphatic rings. The van der Waals surface area contributed by atoms with Gasteiger partial charge >= 0.3 is 0 Å². The lowest BCUT2D eigenvalue weighted by atomic mass is 9.78. The number of amides is 1. The summed E-state index contributed by atoms with van der Waals surface area (Å²) in [5.41, 5.74) is 2.22. The van der Waals surface area contributed by atoms with Crippen LogP contribution >= 0.6 is 0 Å². The maximum atomic E-state index is 12.3. The molecule has 0 saturated heterocycles. The van der Waals surface area contributed by atoms with Crippen molar-refractivity contribution in [1.29, 1.82) is 0 Å². The maximum absolute atomic E-state index is 12.3. The highest BCUT2D eigenvalue weighted by atomic mass is 16.2. The first-order chi connectivity index (χ1) is 9.04. The number of aryl methyl sites for hydroxylation is 1. The first-order valence-electron chi connectivity index (χ1n) is 6.57. The summed E-state index contributed by atoms with van der Waals surface area (Å²) in [4.78, 5) is 12.3. The first kappa shape index (κ1) is 13.6. The minimum absolute atomic E-state index is 0.0670. The molecule has 1 aromatic carbocycles. The van der Waals surface area contributed by atoms with Crippen molar-refractivity contribution >= 4 is 5.91 Å². The number of carbonyl (C=O) groups excluding carboxylic acids is 1. The summed E-state index contributed by atoms with van der Waals surface area (Å²) >= 11 is 0. The summed E-state index contributed by atoms with van der Waals surface area (Å²) in [6.07, 6.45) is 3.23. The Labute approximate surface area is 114 Å². The molecule has 0 aromatic heterocycles. The predicted octanol–water partition coefficient (Wildman–Crippen LogP) is 2.01. The van der Waals surface area contributed by atoms with Gasteiger partial charge in [-0.15, -0.1) is 0 Å². The number of carbonyl (C=O) groups is 1. The van der Waals surface area contributed by atoms with E-state index >= 15 is 0 Å². The highest BCUT2D eigenvalue weighted by molar-refractivity contribution is 5.97. The fourth-order valence-corrected chi connectivity index (χ4v) is 2.26. The van der Waals surface area contributed by atoms with Crippen LogP contribution in [0.25, 0.3) is 0 Å². The minimum atomic E-state index is -0.202.